The molecule has 2 aromatic carbocycles. The first-order valence-corrected chi connectivity index (χ1v) is 10.5. The van der Waals surface area contributed by atoms with Gasteiger partial charge in [0.2, 0.25) is 15.9 Å². The highest BCUT2D eigenvalue weighted by Gasteiger charge is 2.28. The highest BCUT2D eigenvalue weighted by atomic mass is 32.2. The van der Waals surface area contributed by atoms with E-state index in [0.29, 0.717) is 5.56 Å². The molecule has 2 aromatic rings. The van der Waals surface area contributed by atoms with Crippen molar-refractivity contribution in [3.63, 3.8) is 0 Å². The molecule has 9 heteroatoms. The van der Waals surface area contributed by atoms with E-state index in [4.69, 9.17) is 4.74 Å². The number of hydrogen-bond acceptors (Lipinski definition) is 5. The zero-order valence-corrected chi connectivity index (χ0v) is 16.9. The molecule has 0 aliphatic rings. The number of nitrogens with one attached hydrogen (secondary N) is 2. The maximum absolute atomic E-state index is 14.0. The monoisotopic (exact) mass is 422 g/mol. The smallest absolute Gasteiger partial charge is 0.325 e. The van der Waals surface area contributed by atoms with Crippen molar-refractivity contribution in [1.82, 2.24) is 10.0 Å². The van der Waals surface area contributed by atoms with Crippen LogP contribution in [0.4, 0.5) is 4.39 Å². The number of hydrogen-bond donors (Lipinski definition) is 2. The Morgan fingerprint density at radius 3 is 2.28 bits per heavy atom. The Bertz CT molecular complexity index is 948. The summed E-state index contributed by atoms with van der Waals surface area (Å²) in [6.45, 7) is 2.92. The standard InChI is InChI=1S/C20H23FN2O5S/c1-14(2)28-19(24)13-22-20(25)17(12-15-8-4-3-5-9-15)23-29(26,27)18-11-7-6-10-16(18)21/h3-11,14,17,23H,12-13H2,1-2H3,(H,22,25)/t17-/m0/s1. The fraction of sp³-hybridized carbons (Fsp3) is 0.300. The molecule has 0 bridgehead atoms. The Balaban J connectivity index is 2.19. The number of benzene rings is 2. The Labute approximate surface area is 169 Å². The van der Waals surface area contributed by atoms with Gasteiger partial charge in [-0.2, -0.15) is 4.72 Å². The third kappa shape index (κ3) is 6.95. The van der Waals surface area contributed by atoms with Crippen LogP contribution in [0.15, 0.2) is 59.5 Å². The minimum atomic E-state index is -4.31. The van der Waals surface area contributed by atoms with Crippen LogP contribution in [0.5, 0.6) is 0 Å². The Kier molecular flexibility index (Phi) is 7.86. The average Bonchev–Trinajstić information content (AvgIpc) is 2.66. The van der Waals surface area contributed by atoms with Crippen LogP contribution in [0.2, 0.25) is 0 Å². The minimum absolute atomic E-state index is 0.0135. The van der Waals surface area contributed by atoms with E-state index in [1.807, 2.05) is 0 Å². The maximum atomic E-state index is 14.0. The molecule has 0 aliphatic carbocycles. The van der Waals surface area contributed by atoms with Crippen molar-refractivity contribution in [2.75, 3.05) is 6.54 Å². The van der Waals surface area contributed by atoms with Crippen LogP contribution in [0.25, 0.3) is 0 Å². The number of sulfonamides is 1. The third-order valence-corrected chi connectivity index (χ3v) is 5.30. The number of esters is 1. The molecule has 0 aliphatic heterocycles. The van der Waals surface area contributed by atoms with E-state index in [1.165, 1.54) is 12.1 Å². The third-order valence-electron chi connectivity index (χ3n) is 3.80. The molecule has 7 nitrogen and oxygen atoms in total. The zero-order chi connectivity index (χ0) is 21.4. The summed E-state index contributed by atoms with van der Waals surface area (Å²) in [5.41, 5.74) is 0.689. The minimum Gasteiger partial charge on any atom is -0.462 e. The van der Waals surface area contributed by atoms with Crippen LogP contribution in [0, 0.1) is 5.82 Å². The molecule has 0 heterocycles. The van der Waals surface area contributed by atoms with Gasteiger partial charge >= 0.3 is 5.97 Å². The molecule has 2 N–H and O–H groups in total. The van der Waals surface area contributed by atoms with E-state index >= 15 is 0 Å². The predicted molar refractivity (Wildman–Crippen MR) is 105 cm³/mol. The van der Waals surface area contributed by atoms with Crippen LogP contribution in [0.1, 0.15) is 19.4 Å². The Hall–Kier alpha value is -2.78. The molecular weight excluding hydrogens is 399 g/mol. The fourth-order valence-corrected chi connectivity index (χ4v) is 3.81. The van der Waals surface area contributed by atoms with Crippen molar-refractivity contribution in [3.05, 3.63) is 66.0 Å². The molecule has 0 spiro atoms. The Morgan fingerprint density at radius 2 is 1.66 bits per heavy atom. The van der Waals surface area contributed by atoms with Gasteiger partial charge in [0.1, 0.15) is 23.3 Å². The molecule has 0 saturated carbocycles. The lowest BCUT2D eigenvalue weighted by Crippen LogP contribution is -2.49. The van der Waals surface area contributed by atoms with Crippen LogP contribution < -0.4 is 10.0 Å². The van der Waals surface area contributed by atoms with Gasteiger partial charge in [0.05, 0.1) is 6.10 Å². The normalized spacial score (nSPS) is 12.4. The summed E-state index contributed by atoms with van der Waals surface area (Å²) < 4.78 is 46.4. The summed E-state index contributed by atoms with van der Waals surface area (Å²) in [7, 11) is -4.31. The van der Waals surface area contributed by atoms with Gasteiger partial charge in [0.15, 0.2) is 0 Å². The summed E-state index contributed by atoms with van der Waals surface area (Å²) >= 11 is 0. The molecule has 0 unspecified atom stereocenters. The molecule has 0 fully saturated rings. The molecule has 156 valence electrons. The lowest BCUT2D eigenvalue weighted by molar-refractivity contribution is -0.147. The second-order valence-electron chi connectivity index (χ2n) is 6.55. The van der Waals surface area contributed by atoms with Gasteiger partial charge in [-0.25, -0.2) is 12.8 Å². The Morgan fingerprint density at radius 1 is 1.03 bits per heavy atom. The molecule has 29 heavy (non-hydrogen) atoms. The second kappa shape index (κ2) is 10.1. The maximum Gasteiger partial charge on any atom is 0.325 e. The van der Waals surface area contributed by atoms with Crippen molar-refractivity contribution in [2.45, 2.75) is 37.3 Å². The van der Waals surface area contributed by atoms with E-state index in [9.17, 15) is 22.4 Å². The SMILES string of the molecule is CC(C)OC(=O)CNC(=O)[C@H](Cc1ccccc1)NS(=O)(=O)c1ccccc1F. The van der Waals surface area contributed by atoms with Crippen LogP contribution >= 0.6 is 0 Å². The quantitative estimate of drug-likeness (QED) is 0.600. The summed E-state index contributed by atoms with van der Waals surface area (Å²) in [6.07, 6.45) is -0.335. The van der Waals surface area contributed by atoms with E-state index in [1.54, 1.807) is 44.2 Å². The molecule has 0 saturated heterocycles. The van der Waals surface area contributed by atoms with Gasteiger partial charge in [0, 0.05) is 0 Å². The lowest BCUT2D eigenvalue weighted by Gasteiger charge is -2.19. The highest BCUT2D eigenvalue weighted by molar-refractivity contribution is 7.89. The summed E-state index contributed by atoms with van der Waals surface area (Å²) in [6, 6.07) is 12.3. The number of amides is 1. The first-order chi connectivity index (χ1) is 13.7. The zero-order valence-electron chi connectivity index (χ0n) is 16.1. The predicted octanol–water partition coefficient (Wildman–Crippen LogP) is 1.78. The molecule has 0 radical (unpaired) electrons. The van der Waals surface area contributed by atoms with E-state index in [2.05, 4.69) is 10.0 Å². The summed E-state index contributed by atoms with van der Waals surface area (Å²) in [4.78, 5) is 23.7. The molecule has 1 atom stereocenters. The molecule has 2 rings (SSSR count). The second-order valence-corrected chi connectivity index (χ2v) is 8.23. The average molecular weight is 422 g/mol. The van der Waals surface area contributed by atoms with Crippen LogP contribution in [-0.4, -0.2) is 39.0 Å². The fourth-order valence-electron chi connectivity index (χ4n) is 2.54. The summed E-state index contributed by atoms with van der Waals surface area (Å²) in [5.74, 6) is -2.31. The number of rotatable bonds is 9. The van der Waals surface area contributed by atoms with Crippen molar-refractivity contribution < 1.29 is 27.1 Å². The lowest BCUT2D eigenvalue weighted by atomic mass is 10.1. The first-order valence-electron chi connectivity index (χ1n) is 8.97. The first kappa shape index (κ1) is 22.5. The van der Waals surface area contributed by atoms with Gasteiger partial charge in [-0.1, -0.05) is 42.5 Å². The van der Waals surface area contributed by atoms with Gasteiger partial charge in [-0.3, -0.25) is 9.59 Å². The van der Waals surface area contributed by atoms with E-state index in [-0.39, 0.29) is 12.5 Å². The van der Waals surface area contributed by atoms with Gasteiger partial charge in [-0.15, -0.1) is 0 Å². The van der Waals surface area contributed by atoms with Crippen LogP contribution in [-0.2, 0) is 30.8 Å². The van der Waals surface area contributed by atoms with Crippen molar-refractivity contribution in [1.29, 1.82) is 0 Å². The molecule has 1 amide bonds. The largest absolute Gasteiger partial charge is 0.462 e. The van der Waals surface area contributed by atoms with Crippen molar-refractivity contribution in [2.24, 2.45) is 0 Å². The molecule has 0 aromatic heterocycles. The molecular formula is C20H23FN2O5S. The number of ether oxygens (including phenoxy) is 1. The van der Waals surface area contributed by atoms with E-state index < -0.39 is 45.2 Å². The van der Waals surface area contributed by atoms with E-state index in [0.717, 1.165) is 12.1 Å². The van der Waals surface area contributed by atoms with Gasteiger partial charge < -0.3 is 10.1 Å². The topological polar surface area (TPSA) is 102 Å². The van der Waals surface area contributed by atoms with Gasteiger partial charge in [0.25, 0.3) is 0 Å². The number of carbonyl (C=O) groups is 2. The van der Waals surface area contributed by atoms with Gasteiger partial charge in [-0.05, 0) is 38.0 Å². The number of halogens is 1. The van der Waals surface area contributed by atoms with Crippen molar-refractivity contribution in [3.8, 4) is 0 Å². The van der Waals surface area contributed by atoms with Crippen molar-refractivity contribution >= 4 is 21.9 Å². The highest BCUT2D eigenvalue weighted by Crippen LogP contribution is 2.15. The number of carbonyl (C=O) groups excluding carboxylic acids is 2. The summed E-state index contributed by atoms with van der Waals surface area (Å²) in [5, 5.41) is 2.36. The van der Waals surface area contributed by atoms with Crippen LogP contribution in [0.3, 0.4) is 0 Å².